The summed E-state index contributed by atoms with van der Waals surface area (Å²) in [5, 5.41) is 0. The number of hydrogen-bond acceptors (Lipinski definition) is 4. The second-order valence-corrected chi connectivity index (χ2v) is 10.0. The van der Waals surface area contributed by atoms with E-state index in [-0.39, 0.29) is 10.8 Å². The maximum Gasteiger partial charge on any atom is 0.261 e. The number of aryl methyl sites for hydroxylation is 1. The Morgan fingerprint density at radius 3 is 1.97 bits per heavy atom. The average Bonchev–Trinajstić information content (AvgIpc) is 2.79. The first-order valence-electron chi connectivity index (χ1n) is 10.9. The number of amides is 1. The van der Waals surface area contributed by atoms with Crippen molar-refractivity contribution in [3.8, 4) is 0 Å². The lowest BCUT2D eigenvalue weighted by Crippen LogP contribution is -2.30. The number of para-hydroxylation sites is 1. The number of sulfonamides is 1. The highest BCUT2D eigenvalue weighted by Crippen LogP contribution is 2.20. The van der Waals surface area contributed by atoms with E-state index >= 15 is 0 Å². The Balaban J connectivity index is 1.71. The number of benzene rings is 3. The maximum absolute atomic E-state index is 13.0. The molecule has 174 valence electrons. The smallest absolute Gasteiger partial charge is 0.261 e. The van der Waals surface area contributed by atoms with Crippen LogP contribution in [0.3, 0.4) is 0 Å². The van der Waals surface area contributed by atoms with Crippen LogP contribution in [-0.2, 0) is 23.1 Å². The van der Waals surface area contributed by atoms with E-state index in [2.05, 4.69) is 21.8 Å². The van der Waals surface area contributed by atoms with Gasteiger partial charge in [0.05, 0.1) is 10.6 Å². The monoisotopic (exact) mass is 465 g/mol. The molecule has 0 heterocycles. The predicted octanol–water partition coefficient (Wildman–Crippen LogP) is 4.52. The van der Waals surface area contributed by atoms with Gasteiger partial charge in [-0.15, -0.1) is 0 Å². The summed E-state index contributed by atoms with van der Waals surface area (Å²) < 4.78 is 28.1. The zero-order chi connectivity index (χ0) is 24.0. The number of nitrogens with one attached hydrogen (secondary N) is 1. The SMILES string of the molecule is CCN(Cc1ccc(CN(C)C)cc1)C(=O)c1ccc(S(=O)(=O)Nc2ccccc2C)cc1. The van der Waals surface area contributed by atoms with Gasteiger partial charge in [0.2, 0.25) is 0 Å². The van der Waals surface area contributed by atoms with Crippen LogP contribution in [0, 0.1) is 6.92 Å². The second kappa shape index (κ2) is 10.6. The van der Waals surface area contributed by atoms with Gasteiger partial charge in [-0.1, -0.05) is 42.5 Å². The molecule has 0 aliphatic heterocycles. The molecule has 0 unspecified atom stereocenters. The van der Waals surface area contributed by atoms with Crippen LogP contribution in [0.25, 0.3) is 0 Å². The minimum Gasteiger partial charge on any atom is -0.335 e. The van der Waals surface area contributed by atoms with Crippen LogP contribution in [0.4, 0.5) is 5.69 Å². The van der Waals surface area contributed by atoms with Gasteiger partial charge in [-0.05, 0) is 75.0 Å². The molecular formula is C26H31N3O3S. The Hall–Kier alpha value is -3.16. The van der Waals surface area contributed by atoms with E-state index in [0.717, 1.165) is 17.7 Å². The Bertz CT molecular complexity index is 1190. The molecular weight excluding hydrogens is 434 g/mol. The van der Waals surface area contributed by atoms with Crippen molar-refractivity contribution in [3.63, 3.8) is 0 Å². The van der Waals surface area contributed by atoms with Crippen LogP contribution >= 0.6 is 0 Å². The van der Waals surface area contributed by atoms with E-state index in [9.17, 15) is 13.2 Å². The van der Waals surface area contributed by atoms with Crippen molar-refractivity contribution in [2.45, 2.75) is 31.8 Å². The highest BCUT2D eigenvalue weighted by atomic mass is 32.2. The minimum absolute atomic E-state index is 0.113. The highest BCUT2D eigenvalue weighted by molar-refractivity contribution is 7.92. The average molecular weight is 466 g/mol. The Morgan fingerprint density at radius 2 is 1.42 bits per heavy atom. The molecule has 0 saturated carbocycles. The van der Waals surface area contributed by atoms with Crippen molar-refractivity contribution in [2.75, 3.05) is 25.4 Å². The van der Waals surface area contributed by atoms with Gasteiger partial charge in [-0.2, -0.15) is 0 Å². The van der Waals surface area contributed by atoms with Gasteiger partial charge >= 0.3 is 0 Å². The number of anilines is 1. The summed E-state index contributed by atoms with van der Waals surface area (Å²) in [5.74, 6) is -0.134. The van der Waals surface area contributed by atoms with Gasteiger partial charge in [0.1, 0.15) is 0 Å². The van der Waals surface area contributed by atoms with Gasteiger partial charge in [0, 0.05) is 25.2 Å². The molecule has 7 heteroatoms. The van der Waals surface area contributed by atoms with Crippen molar-refractivity contribution >= 4 is 21.6 Å². The summed E-state index contributed by atoms with van der Waals surface area (Å²) in [6, 6.07) is 21.5. The summed E-state index contributed by atoms with van der Waals surface area (Å²) in [4.78, 5) is 17.0. The van der Waals surface area contributed by atoms with Crippen LogP contribution in [0.15, 0.2) is 77.7 Å². The van der Waals surface area contributed by atoms with E-state index in [1.807, 2.05) is 52.2 Å². The molecule has 3 aromatic carbocycles. The van der Waals surface area contributed by atoms with Crippen molar-refractivity contribution < 1.29 is 13.2 Å². The fraction of sp³-hybridized carbons (Fsp3) is 0.269. The fourth-order valence-corrected chi connectivity index (χ4v) is 4.64. The van der Waals surface area contributed by atoms with Gasteiger partial charge in [-0.25, -0.2) is 8.42 Å². The fourth-order valence-electron chi connectivity index (χ4n) is 3.51. The predicted molar refractivity (Wildman–Crippen MR) is 133 cm³/mol. The van der Waals surface area contributed by atoms with Crippen molar-refractivity contribution in [2.24, 2.45) is 0 Å². The molecule has 3 aromatic rings. The largest absolute Gasteiger partial charge is 0.335 e. The quantitative estimate of drug-likeness (QED) is 0.504. The summed E-state index contributed by atoms with van der Waals surface area (Å²) in [7, 11) is 0.313. The zero-order valence-corrected chi connectivity index (χ0v) is 20.4. The van der Waals surface area contributed by atoms with Gasteiger partial charge in [0.25, 0.3) is 15.9 Å². The van der Waals surface area contributed by atoms with E-state index in [4.69, 9.17) is 0 Å². The molecule has 0 saturated heterocycles. The minimum atomic E-state index is -3.74. The van der Waals surface area contributed by atoms with E-state index in [1.54, 1.807) is 29.2 Å². The first kappa shape index (κ1) is 24.5. The zero-order valence-electron chi connectivity index (χ0n) is 19.6. The Morgan fingerprint density at radius 1 is 0.848 bits per heavy atom. The van der Waals surface area contributed by atoms with Gasteiger partial charge in [0.15, 0.2) is 0 Å². The van der Waals surface area contributed by atoms with Gasteiger partial charge in [-0.3, -0.25) is 9.52 Å². The third-order valence-electron chi connectivity index (χ3n) is 5.37. The molecule has 0 aromatic heterocycles. The number of carbonyl (C=O) groups excluding carboxylic acids is 1. The number of carbonyl (C=O) groups is 1. The van der Waals surface area contributed by atoms with Crippen LogP contribution in [0.2, 0.25) is 0 Å². The van der Waals surface area contributed by atoms with E-state index in [1.165, 1.54) is 17.7 Å². The lowest BCUT2D eigenvalue weighted by Gasteiger charge is -2.21. The summed E-state index contributed by atoms with van der Waals surface area (Å²) in [5.41, 5.74) is 4.09. The lowest BCUT2D eigenvalue weighted by molar-refractivity contribution is 0.0752. The van der Waals surface area contributed by atoms with Crippen molar-refractivity contribution in [3.05, 3.63) is 95.1 Å². The molecule has 0 bridgehead atoms. The molecule has 0 radical (unpaired) electrons. The van der Waals surface area contributed by atoms with Crippen molar-refractivity contribution in [1.82, 2.24) is 9.80 Å². The lowest BCUT2D eigenvalue weighted by atomic mass is 10.1. The number of nitrogens with zero attached hydrogens (tertiary/aromatic N) is 2. The molecule has 0 atom stereocenters. The van der Waals surface area contributed by atoms with E-state index in [0.29, 0.717) is 24.3 Å². The first-order chi connectivity index (χ1) is 15.7. The summed E-state index contributed by atoms with van der Waals surface area (Å²) >= 11 is 0. The number of rotatable bonds is 9. The molecule has 33 heavy (non-hydrogen) atoms. The van der Waals surface area contributed by atoms with Crippen LogP contribution < -0.4 is 4.72 Å². The molecule has 0 spiro atoms. The molecule has 6 nitrogen and oxygen atoms in total. The molecule has 1 amide bonds. The first-order valence-corrected chi connectivity index (χ1v) is 12.4. The second-order valence-electron chi connectivity index (χ2n) is 8.32. The number of hydrogen-bond donors (Lipinski definition) is 1. The molecule has 0 aliphatic carbocycles. The van der Waals surface area contributed by atoms with Crippen molar-refractivity contribution in [1.29, 1.82) is 0 Å². The third kappa shape index (κ3) is 6.43. The van der Waals surface area contributed by atoms with E-state index < -0.39 is 10.0 Å². The van der Waals surface area contributed by atoms with Gasteiger partial charge < -0.3 is 9.80 Å². The molecule has 3 rings (SSSR count). The summed E-state index contributed by atoms with van der Waals surface area (Å²) in [6.07, 6.45) is 0. The normalized spacial score (nSPS) is 11.4. The molecule has 0 aliphatic rings. The summed E-state index contributed by atoms with van der Waals surface area (Å²) in [6.45, 7) is 5.68. The Labute approximate surface area is 196 Å². The maximum atomic E-state index is 13.0. The molecule has 0 fully saturated rings. The van der Waals surface area contributed by atoms with Crippen LogP contribution in [-0.4, -0.2) is 44.8 Å². The topological polar surface area (TPSA) is 69.7 Å². The molecule has 1 N–H and O–H groups in total. The standard InChI is InChI=1S/C26H31N3O3S/c1-5-29(19-22-12-10-21(11-13-22)18-28(3)4)26(30)23-14-16-24(17-15-23)33(31,32)27-25-9-7-6-8-20(25)2/h6-17,27H,5,18-19H2,1-4H3. The Kier molecular flexibility index (Phi) is 7.89. The van der Waals surface area contributed by atoms with Crippen LogP contribution in [0.1, 0.15) is 34.0 Å². The van der Waals surface area contributed by atoms with Crippen LogP contribution in [0.5, 0.6) is 0 Å². The highest BCUT2D eigenvalue weighted by Gasteiger charge is 2.18. The third-order valence-corrected chi connectivity index (χ3v) is 6.75.